The van der Waals surface area contributed by atoms with E-state index in [2.05, 4.69) is 5.32 Å². The molecule has 1 N–H and O–H groups in total. The van der Waals surface area contributed by atoms with E-state index in [9.17, 15) is 0 Å². The van der Waals surface area contributed by atoms with Crippen molar-refractivity contribution in [1.29, 1.82) is 0 Å². The van der Waals surface area contributed by atoms with Crippen LogP contribution in [0.5, 0.6) is 11.5 Å². The van der Waals surface area contributed by atoms with Gasteiger partial charge in [-0.05, 0) is 30.3 Å². The zero-order chi connectivity index (χ0) is 14.1. The van der Waals surface area contributed by atoms with Crippen molar-refractivity contribution in [3.05, 3.63) is 53.6 Å². The number of thiocarbonyl (C=S) groups is 1. The molecule has 4 heteroatoms. The van der Waals surface area contributed by atoms with E-state index in [0.717, 1.165) is 11.4 Å². The third-order valence-corrected chi connectivity index (χ3v) is 2.54. The van der Waals surface area contributed by atoms with Gasteiger partial charge in [-0.25, -0.2) is 0 Å². The van der Waals surface area contributed by atoms with Gasteiger partial charge in [0.2, 0.25) is 0 Å². The molecule has 0 aliphatic rings. The minimum Gasteiger partial charge on any atom is -0.456 e. The average Bonchev–Trinajstić information content (AvgIpc) is 2.46. The summed E-state index contributed by atoms with van der Waals surface area (Å²) in [5, 5.41) is 3.43. The zero-order valence-electron chi connectivity index (χ0n) is 10.9. The summed E-state index contributed by atoms with van der Waals surface area (Å²) in [6.07, 6.45) is 0. The van der Waals surface area contributed by atoms with Gasteiger partial charge < -0.3 is 10.1 Å². The number of halogens is 1. The molecule has 0 saturated heterocycles. The molecule has 100 valence electrons. The highest BCUT2D eigenvalue weighted by atomic mass is 35.5. The van der Waals surface area contributed by atoms with Crippen molar-refractivity contribution in [2.45, 2.75) is 13.8 Å². The van der Waals surface area contributed by atoms with E-state index in [0.29, 0.717) is 10.8 Å². The maximum atomic E-state index is 6.10. The lowest BCUT2D eigenvalue weighted by molar-refractivity contribution is 0.483. The van der Waals surface area contributed by atoms with Crippen LogP contribution < -0.4 is 10.1 Å². The molecule has 2 rings (SSSR count). The van der Waals surface area contributed by atoms with Crippen molar-refractivity contribution in [2.24, 2.45) is 0 Å². The van der Waals surface area contributed by atoms with Gasteiger partial charge in [0.1, 0.15) is 11.5 Å². The van der Waals surface area contributed by atoms with Crippen molar-refractivity contribution in [1.82, 2.24) is 0 Å². The van der Waals surface area contributed by atoms with Crippen LogP contribution in [0.15, 0.2) is 48.5 Å². The first-order valence-corrected chi connectivity index (χ1v) is 6.87. The molecule has 0 aliphatic heterocycles. The summed E-state index contributed by atoms with van der Waals surface area (Å²) in [6, 6.07) is 14.9. The number of hydrogen-bond donors (Lipinski definition) is 1. The number of hydrogen-bond acceptors (Lipinski definition) is 2. The highest BCUT2D eigenvalue weighted by Gasteiger charge is 2.03. The van der Waals surface area contributed by atoms with Crippen molar-refractivity contribution >= 4 is 35.0 Å². The van der Waals surface area contributed by atoms with Crippen LogP contribution in [0.3, 0.4) is 0 Å². The van der Waals surface area contributed by atoms with Gasteiger partial charge >= 0.3 is 0 Å². The van der Waals surface area contributed by atoms with Gasteiger partial charge in [-0.1, -0.05) is 55.9 Å². The molecule has 2 aromatic carbocycles. The molecule has 0 heterocycles. The smallest absolute Gasteiger partial charge is 0.146 e. The molecule has 0 bridgehead atoms. The number of para-hydroxylation sites is 1. The van der Waals surface area contributed by atoms with E-state index in [4.69, 9.17) is 28.6 Å². The molecule has 19 heavy (non-hydrogen) atoms. The third kappa shape index (κ3) is 4.89. The number of rotatable bonds is 4. The van der Waals surface area contributed by atoms with Gasteiger partial charge in [0.05, 0.1) is 10.5 Å². The van der Waals surface area contributed by atoms with E-state index < -0.39 is 0 Å². The molecule has 2 nitrogen and oxygen atoms in total. The normalized spacial score (nSPS) is 9.00. The highest BCUT2D eigenvalue weighted by Crippen LogP contribution is 2.31. The van der Waals surface area contributed by atoms with Crippen LogP contribution in [-0.2, 0) is 0 Å². The molecule has 0 atom stereocenters. The molecule has 0 spiro atoms. The van der Waals surface area contributed by atoms with Crippen LogP contribution in [0.4, 0.5) is 5.69 Å². The number of ether oxygens (including phenoxy) is 1. The number of benzene rings is 2. The van der Waals surface area contributed by atoms with Crippen LogP contribution in [0.1, 0.15) is 13.8 Å². The first kappa shape index (κ1) is 15.5. The molecule has 0 unspecified atom stereocenters. The summed E-state index contributed by atoms with van der Waals surface area (Å²) in [7, 11) is 0. The fourth-order valence-electron chi connectivity index (χ4n) is 1.36. The summed E-state index contributed by atoms with van der Waals surface area (Å²) in [6.45, 7) is 4.00. The Morgan fingerprint density at radius 2 is 1.79 bits per heavy atom. The van der Waals surface area contributed by atoms with Crippen LogP contribution >= 0.6 is 23.8 Å². The lowest BCUT2D eigenvalue weighted by Gasteiger charge is -2.08. The van der Waals surface area contributed by atoms with Gasteiger partial charge in [-0.15, -0.1) is 0 Å². The Morgan fingerprint density at radius 3 is 2.37 bits per heavy atom. The molecule has 0 amide bonds. The quantitative estimate of drug-likeness (QED) is 0.749. The summed E-state index contributed by atoms with van der Waals surface area (Å²) >= 11 is 10.8. The zero-order valence-corrected chi connectivity index (χ0v) is 12.5. The second-order valence-corrected chi connectivity index (χ2v) is 3.97. The predicted octanol–water partition coefficient (Wildman–Crippen LogP) is 5.53. The maximum Gasteiger partial charge on any atom is 0.146 e. The van der Waals surface area contributed by atoms with Crippen LogP contribution in [-0.4, -0.2) is 5.49 Å². The lowest BCUT2D eigenvalue weighted by Crippen LogP contribution is -1.92. The average molecular weight is 294 g/mol. The van der Waals surface area contributed by atoms with Crippen molar-refractivity contribution in [3.63, 3.8) is 0 Å². The van der Waals surface area contributed by atoms with Gasteiger partial charge in [0.25, 0.3) is 0 Å². The molecular weight excluding hydrogens is 278 g/mol. The maximum absolute atomic E-state index is 6.10. The van der Waals surface area contributed by atoms with Crippen molar-refractivity contribution in [3.8, 4) is 11.5 Å². The van der Waals surface area contributed by atoms with Gasteiger partial charge in [-0.3, -0.25) is 0 Å². The fourth-order valence-corrected chi connectivity index (χ4v) is 1.71. The Labute approximate surface area is 124 Å². The SMILES string of the molecule is CC.S=CNc1ccc(Oc2ccccc2)c(Cl)c1. The van der Waals surface area contributed by atoms with Crippen molar-refractivity contribution < 1.29 is 4.74 Å². The minimum atomic E-state index is 0.538. The van der Waals surface area contributed by atoms with E-state index >= 15 is 0 Å². The third-order valence-electron chi connectivity index (χ3n) is 2.13. The largest absolute Gasteiger partial charge is 0.456 e. The number of anilines is 1. The molecule has 2 aromatic rings. The molecule has 0 aromatic heterocycles. The highest BCUT2D eigenvalue weighted by molar-refractivity contribution is 7.79. The summed E-state index contributed by atoms with van der Waals surface area (Å²) in [5.41, 5.74) is 2.27. The van der Waals surface area contributed by atoms with E-state index in [1.54, 1.807) is 12.1 Å². The van der Waals surface area contributed by atoms with Crippen LogP contribution in [0.2, 0.25) is 5.02 Å². The van der Waals surface area contributed by atoms with Gasteiger partial charge in [-0.2, -0.15) is 0 Å². The summed E-state index contributed by atoms with van der Waals surface area (Å²) in [5.74, 6) is 1.37. The first-order chi connectivity index (χ1) is 9.29. The van der Waals surface area contributed by atoms with Gasteiger partial charge in [0.15, 0.2) is 0 Å². The van der Waals surface area contributed by atoms with Crippen LogP contribution in [0.25, 0.3) is 0 Å². The molecule has 0 saturated carbocycles. The molecule has 0 fully saturated rings. The number of nitrogens with one attached hydrogen (secondary N) is 1. The molecular formula is C15H16ClNOS. The van der Waals surface area contributed by atoms with E-state index in [-0.39, 0.29) is 0 Å². The minimum absolute atomic E-state index is 0.538. The van der Waals surface area contributed by atoms with Crippen LogP contribution in [0, 0.1) is 0 Å². The Balaban J connectivity index is 0.000000861. The van der Waals surface area contributed by atoms with Gasteiger partial charge in [0, 0.05) is 5.69 Å². The standard InChI is InChI=1S/C13H10ClNOS.C2H6/c14-12-8-10(15-9-17)6-7-13(12)16-11-4-2-1-3-5-11;1-2/h1-9H,(H,15,17);1-2H3. The first-order valence-electron chi connectivity index (χ1n) is 6.02. The van der Waals surface area contributed by atoms with E-state index in [1.807, 2.05) is 50.2 Å². The van der Waals surface area contributed by atoms with E-state index in [1.165, 1.54) is 5.49 Å². The topological polar surface area (TPSA) is 21.3 Å². The Hall–Kier alpha value is -1.58. The monoisotopic (exact) mass is 293 g/mol. The summed E-state index contributed by atoms with van der Waals surface area (Å²) < 4.78 is 5.65. The molecule has 0 aliphatic carbocycles. The second kappa shape index (κ2) is 8.51. The predicted molar refractivity (Wildman–Crippen MR) is 86.6 cm³/mol. The summed E-state index contributed by atoms with van der Waals surface area (Å²) in [4.78, 5) is 0. The molecule has 0 radical (unpaired) electrons. The Morgan fingerprint density at radius 1 is 1.11 bits per heavy atom. The Kier molecular flexibility index (Phi) is 6.93. The Bertz CT molecular complexity index is 517. The lowest BCUT2D eigenvalue weighted by atomic mass is 10.3. The second-order valence-electron chi connectivity index (χ2n) is 3.32. The fraction of sp³-hybridized carbons (Fsp3) is 0.133. The van der Waals surface area contributed by atoms with Crippen molar-refractivity contribution in [2.75, 3.05) is 5.32 Å².